The van der Waals surface area contributed by atoms with E-state index in [2.05, 4.69) is 27.7 Å². The van der Waals surface area contributed by atoms with Gasteiger partial charge >= 0.3 is 0 Å². The van der Waals surface area contributed by atoms with Gasteiger partial charge in [0.05, 0.1) is 11.9 Å². The molecule has 0 aliphatic rings. The second-order valence-corrected chi connectivity index (χ2v) is 4.11. The van der Waals surface area contributed by atoms with E-state index in [0.717, 1.165) is 31.0 Å². The lowest BCUT2D eigenvalue weighted by molar-refractivity contribution is 0.583. The molecule has 0 aliphatic carbocycles. The molecule has 6 nitrogen and oxygen atoms in total. The molecule has 2 heterocycles. The third-order valence-electron chi connectivity index (χ3n) is 2.63. The number of rotatable bonds is 5. The Bertz CT molecular complexity index is 484. The molecular formula is C11H18N6. The van der Waals surface area contributed by atoms with Crippen LogP contribution < -0.4 is 5.32 Å². The number of hydrogen-bond donors (Lipinski definition) is 1. The van der Waals surface area contributed by atoms with Gasteiger partial charge in [-0.05, 0) is 13.3 Å². The average Bonchev–Trinajstić information content (AvgIpc) is 2.83. The first-order chi connectivity index (χ1) is 8.20. The topological polar surface area (TPSA) is 60.6 Å². The molecule has 1 N–H and O–H groups in total. The highest BCUT2D eigenvalue weighted by atomic mass is 15.4. The minimum Gasteiger partial charge on any atom is -0.365 e. The molecule has 0 unspecified atom stereocenters. The lowest BCUT2D eigenvalue weighted by Crippen LogP contribution is -2.08. The smallest absolute Gasteiger partial charge is 0.145 e. The largest absolute Gasteiger partial charge is 0.365 e. The molecule has 0 bridgehead atoms. The maximum Gasteiger partial charge on any atom is 0.145 e. The minimum atomic E-state index is 0.747. The van der Waals surface area contributed by atoms with Gasteiger partial charge in [-0.2, -0.15) is 5.10 Å². The van der Waals surface area contributed by atoms with Crippen LogP contribution in [0.5, 0.6) is 0 Å². The van der Waals surface area contributed by atoms with Gasteiger partial charge in [0, 0.05) is 31.9 Å². The molecule has 0 saturated heterocycles. The van der Waals surface area contributed by atoms with Crippen molar-refractivity contribution in [2.75, 3.05) is 5.32 Å². The number of aryl methyl sites for hydroxylation is 3. The van der Waals surface area contributed by atoms with E-state index in [1.54, 1.807) is 6.20 Å². The Morgan fingerprint density at radius 3 is 2.88 bits per heavy atom. The lowest BCUT2D eigenvalue weighted by Gasteiger charge is -2.06. The van der Waals surface area contributed by atoms with Crippen molar-refractivity contribution in [1.82, 2.24) is 24.8 Å². The summed E-state index contributed by atoms with van der Waals surface area (Å²) in [7, 11) is 1.93. The molecule has 6 heteroatoms. The minimum absolute atomic E-state index is 0.747. The number of nitrogens with zero attached hydrogens (tertiary/aromatic N) is 5. The van der Waals surface area contributed by atoms with E-state index in [1.807, 2.05) is 29.5 Å². The van der Waals surface area contributed by atoms with Gasteiger partial charge in [-0.25, -0.2) is 4.68 Å². The van der Waals surface area contributed by atoms with Crippen LogP contribution in [0.4, 0.5) is 5.82 Å². The van der Waals surface area contributed by atoms with Crippen molar-refractivity contribution in [2.45, 2.75) is 33.4 Å². The summed E-state index contributed by atoms with van der Waals surface area (Å²) in [5.41, 5.74) is 2.24. The van der Waals surface area contributed by atoms with Crippen LogP contribution in [0.15, 0.2) is 12.4 Å². The van der Waals surface area contributed by atoms with E-state index >= 15 is 0 Å². The van der Waals surface area contributed by atoms with Crippen LogP contribution in [-0.2, 0) is 20.1 Å². The number of nitrogens with one attached hydrogen (secondary N) is 1. The first-order valence-electron chi connectivity index (χ1n) is 5.82. The van der Waals surface area contributed by atoms with Crippen LogP contribution in [-0.4, -0.2) is 24.8 Å². The van der Waals surface area contributed by atoms with Gasteiger partial charge in [-0.3, -0.25) is 4.68 Å². The van der Waals surface area contributed by atoms with E-state index in [0.29, 0.717) is 0 Å². The molecule has 0 radical (unpaired) electrons. The molecule has 0 amide bonds. The van der Waals surface area contributed by atoms with Crippen LogP contribution in [0.3, 0.4) is 0 Å². The van der Waals surface area contributed by atoms with Gasteiger partial charge in [0.25, 0.3) is 0 Å². The molecule has 17 heavy (non-hydrogen) atoms. The highest BCUT2D eigenvalue weighted by molar-refractivity contribution is 5.33. The standard InChI is InChI=1S/C11H18N6/c1-4-5-17-11(7-13-15-17)12-6-10-8-16(3)14-9(10)2/h7-8,12H,4-6H2,1-3H3. The summed E-state index contributed by atoms with van der Waals surface area (Å²) in [5, 5.41) is 15.6. The van der Waals surface area contributed by atoms with Gasteiger partial charge in [0.15, 0.2) is 0 Å². The monoisotopic (exact) mass is 234 g/mol. The summed E-state index contributed by atoms with van der Waals surface area (Å²) in [5.74, 6) is 0.954. The maximum atomic E-state index is 4.31. The maximum absolute atomic E-state index is 4.31. The SMILES string of the molecule is CCCn1nncc1NCc1cn(C)nc1C. The van der Waals surface area contributed by atoms with Crippen LogP contribution in [0.25, 0.3) is 0 Å². The van der Waals surface area contributed by atoms with Crippen molar-refractivity contribution in [2.24, 2.45) is 7.05 Å². The summed E-state index contributed by atoms with van der Waals surface area (Å²) in [6, 6.07) is 0. The Balaban J connectivity index is 2.02. The zero-order chi connectivity index (χ0) is 12.3. The Labute approximate surface area is 101 Å². The van der Waals surface area contributed by atoms with Crippen molar-refractivity contribution in [3.63, 3.8) is 0 Å². The van der Waals surface area contributed by atoms with E-state index in [1.165, 1.54) is 5.56 Å². The summed E-state index contributed by atoms with van der Waals surface area (Å²) < 4.78 is 3.71. The van der Waals surface area contributed by atoms with Gasteiger partial charge in [0.1, 0.15) is 5.82 Å². The molecule has 0 saturated carbocycles. The fourth-order valence-electron chi connectivity index (χ4n) is 1.78. The Morgan fingerprint density at radius 2 is 2.24 bits per heavy atom. The predicted molar refractivity (Wildman–Crippen MR) is 65.6 cm³/mol. The van der Waals surface area contributed by atoms with Gasteiger partial charge < -0.3 is 5.32 Å². The zero-order valence-corrected chi connectivity index (χ0v) is 10.5. The van der Waals surface area contributed by atoms with Gasteiger partial charge in [-0.15, -0.1) is 5.10 Å². The summed E-state index contributed by atoms with van der Waals surface area (Å²) >= 11 is 0. The Kier molecular flexibility index (Phi) is 3.41. The quantitative estimate of drug-likeness (QED) is 0.848. The van der Waals surface area contributed by atoms with Crippen LogP contribution in [0, 0.1) is 6.92 Å². The van der Waals surface area contributed by atoms with Crippen LogP contribution >= 0.6 is 0 Å². The summed E-state index contributed by atoms with van der Waals surface area (Å²) in [6.45, 7) is 5.76. The highest BCUT2D eigenvalue weighted by Gasteiger charge is 2.05. The third-order valence-corrected chi connectivity index (χ3v) is 2.63. The Morgan fingerprint density at radius 1 is 1.41 bits per heavy atom. The molecular weight excluding hydrogens is 216 g/mol. The second kappa shape index (κ2) is 4.99. The van der Waals surface area contributed by atoms with E-state index in [9.17, 15) is 0 Å². The molecule has 0 spiro atoms. The predicted octanol–water partition coefficient (Wildman–Crippen LogP) is 1.34. The number of anilines is 1. The molecule has 0 aromatic carbocycles. The summed E-state index contributed by atoms with van der Waals surface area (Å²) in [6.07, 6.45) is 4.82. The molecule has 2 aromatic heterocycles. The molecule has 0 fully saturated rings. The first kappa shape index (κ1) is 11.6. The van der Waals surface area contributed by atoms with Crippen LogP contribution in [0.2, 0.25) is 0 Å². The van der Waals surface area contributed by atoms with Crippen LogP contribution in [0.1, 0.15) is 24.6 Å². The van der Waals surface area contributed by atoms with E-state index < -0.39 is 0 Å². The van der Waals surface area contributed by atoms with Crippen molar-refractivity contribution < 1.29 is 0 Å². The fraction of sp³-hybridized carbons (Fsp3) is 0.545. The van der Waals surface area contributed by atoms with Crippen molar-refractivity contribution >= 4 is 5.82 Å². The van der Waals surface area contributed by atoms with Crippen molar-refractivity contribution in [3.05, 3.63) is 23.7 Å². The summed E-state index contributed by atoms with van der Waals surface area (Å²) in [4.78, 5) is 0. The Hall–Kier alpha value is -1.85. The van der Waals surface area contributed by atoms with Crippen molar-refractivity contribution in [1.29, 1.82) is 0 Å². The second-order valence-electron chi connectivity index (χ2n) is 4.11. The van der Waals surface area contributed by atoms with Gasteiger partial charge in [-0.1, -0.05) is 12.1 Å². The average molecular weight is 234 g/mol. The van der Waals surface area contributed by atoms with Crippen molar-refractivity contribution in [3.8, 4) is 0 Å². The molecule has 92 valence electrons. The third kappa shape index (κ3) is 2.64. The number of aromatic nitrogens is 5. The normalized spacial score (nSPS) is 10.8. The lowest BCUT2D eigenvalue weighted by atomic mass is 10.2. The molecule has 0 aliphatic heterocycles. The van der Waals surface area contributed by atoms with E-state index in [-0.39, 0.29) is 0 Å². The number of hydrogen-bond acceptors (Lipinski definition) is 4. The van der Waals surface area contributed by atoms with E-state index in [4.69, 9.17) is 0 Å². The molecule has 2 rings (SSSR count). The first-order valence-corrected chi connectivity index (χ1v) is 5.82. The highest BCUT2D eigenvalue weighted by Crippen LogP contribution is 2.10. The fourth-order valence-corrected chi connectivity index (χ4v) is 1.78. The molecule has 0 atom stereocenters. The van der Waals surface area contributed by atoms with Gasteiger partial charge in [0.2, 0.25) is 0 Å². The zero-order valence-electron chi connectivity index (χ0n) is 10.5. The molecule has 2 aromatic rings.